The second-order valence-electron chi connectivity index (χ2n) is 11.3. The Labute approximate surface area is 205 Å². The Kier molecular flexibility index (Phi) is 9.00. The number of aliphatic hydroxyl groups excluding tert-OH is 1. The predicted octanol–water partition coefficient (Wildman–Crippen LogP) is 3.01. The number of para-hydroxylation sites is 1. The SMILES string of the molecule is C[C@H](C[C@H](O)[C@@H](N)CN1CC(=O)N(c2ccccc2C(F)(F)F)CC1(C)C)C(=O)NCC(C)(C)C. The van der Waals surface area contributed by atoms with Gasteiger partial charge in [-0.1, -0.05) is 39.8 Å². The molecule has 1 fully saturated rings. The van der Waals surface area contributed by atoms with Crippen LogP contribution in [0.5, 0.6) is 0 Å². The largest absolute Gasteiger partial charge is 0.418 e. The van der Waals surface area contributed by atoms with Crippen LogP contribution in [0.25, 0.3) is 0 Å². The number of rotatable bonds is 8. The number of nitrogens with two attached hydrogens (primary N) is 1. The van der Waals surface area contributed by atoms with Crippen LogP contribution in [-0.4, -0.2) is 65.7 Å². The Balaban J connectivity index is 2.04. The molecule has 0 unspecified atom stereocenters. The number of carbonyl (C=O) groups is 2. The van der Waals surface area contributed by atoms with Crippen molar-refractivity contribution in [1.29, 1.82) is 0 Å². The summed E-state index contributed by atoms with van der Waals surface area (Å²) in [7, 11) is 0. The number of piperazine rings is 1. The molecule has 35 heavy (non-hydrogen) atoms. The fourth-order valence-electron chi connectivity index (χ4n) is 4.06. The Morgan fingerprint density at radius 2 is 1.83 bits per heavy atom. The lowest BCUT2D eigenvalue weighted by molar-refractivity contribution is -0.137. The lowest BCUT2D eigenvalue weighted by atomic mass is 9.93. The fourth-order valence-corrected chi connectivity index (χ4v) is 4.06. The maximum absolute atomic E-state index is 13.5. The molecule has 0 saturated carbocycles. The molecule has 1 aliphatic rings. The number of nitrogens with one attached hydrogen (secondary N) is 1. The molecule has 198 valence electrons. The molecule has 10 heteroatoms. The van der Waals surface area contributed by atoms with Crippen LogP contribution in [0, 0.1) is 11.3 Å². The topological polar surface area (TPSA) is 98.9 Å². The van der Waals surface area contributed by atoms with E-state index in [1.54, 1.807) is 11.8 Å². The number of halogens is 3. The van der Waals surface area contributed by atoms with Gasteiger partial charge in [0, 0.05) is 37.1 Å². The first kappa shape index (κ1) is 29.1. The molecule has 7 nitrogen and oxygen atoms in total. The summed E-state index contributed by atoms with van der Waals surface area (Å²) in [6.07, 6.45) is -5.41. The zero-order valence-corrected chi connectivity index (χ0v) is 21.4. The van der Waals surface area contributed by atoms with Crippen molar-refractivity contribution in [2.24, 2.45) is 17.1 Å². The van der Waals surface area contributed by atoms with Gasteiger partial charge in [-0.15, -0.1) is 0 Å². The van der Waals surface area contributed by atoms with Crippen LogP contribution >= 0.6 is 0 Å². The minimum absolute atomic E-state index is 0.0351. The quantitative estimate of drug-likeness (QED) is 0.510. The summed E-state index contributed by atoms with van der Waals surface area (Å²) in [5.41, 5.74) is 4.45. The highest BCUT2D eigenvalue weighted by molar-refractivity contribution is 5.96. The van der Waals surface area contributed by atoms with Crippen molar-refractivity contribution in [2.45, 2.75) is 71.8 Å². The molecular weight excluding hydrogens is 461 g/mol. The standard InChI is InChI=1S/C25H39F3N4O3/c1-16(22(35)30-14-23(2,3)4)11-20(33)18(29)12-31-13-21(34)32(15-24(31,5)6)19-10-8-7-9-17(19)25(26,27)28/h7-10,16,18,20,33H,11-15,29H2,1-6H3,(H,30,35)/t16-,18+,20+/m1/s1. The van der Waals surface area contributed by atoms with Crippen LogP contribution in [0.1, 0.15) is 53.5 Å². The zero-order valence-electron chi connectivity index (χ0n) is 21.4. The van der Waals surface area contributed by atoms with E-state index in [0.29, 0.717) is 6.54 Å². The first-order chi connectivity index (χ1) is 15.9. The van der Waals surface area contributed by atoms with Gasteiger partial charge in [-0.25, -0.2) is 0 Å². The van der Waals surface area contributed by atoms with Crippen LogP contribution < -0.4 is 16.0 Å². The van der Waals surface area contributed by atoms with E-state index in [1.165, 1.54) is 23.1 Å². The van der Waals surface area contributed by atoms with Crippen molar-refractivity contribution in [2.75, 3.05) is 31.1 Å². The number of nitrogens with zero attached hydrogens (tertiary/aromatic N) is 2. The lowest BCUT2D eigenvalue weighted by Gasteiger charge is -2.48. The molecule has 1 aliphatic heterocycles. The third kappa shape index (κ3) is 7.91. The van der Waals surface area contributed by atoms with Crippen molar-refractivity contribution in [1.82, 2.24) is 10.2 Å². The number of hydrogen-bond donors (Lipinski definition) is 3. The van der Waals surface area contributed by atoms with E-state index in [0.717, 1.165) is 6.07 Å². The molecule has 0 aliphatic carbocycles. The van der Waals surface area contributed by atoms with E-state index in [9.17, 15) is 27.9 Å². The molecule has 1 heterocycles. The minimum atomic E-state index is -4.58. The first-order valence-electron chi connectivity index (χ1n) is 11.9. The number of hydrogen-bond acceptors (Lipinski definition) is 5. The molecule has 0 spiro atoms. The molecular formula is C25H39F3N4O3. The van der Waals surface area contributed by atoms with Gasteiger partial charge in [-0.05, 0) is 37.8 Å². The summed E-state index contributed by atoms with van der Waals surface area (Å²) < 4.78 is 40.5. The van der Waals surface area contributed by atoms with E-state index < -0.39 is 41.2 Å². The molecule has 2 rings (SSSR count). The molecule has 2 amide bonds. The summed E-state index contributed by atoms with van der Waals surface area (Å²) in [5.74, 6) is -1.10. The average Bonchev–Trinajstić information content (AvgIpc) is 2.73. The molecule has 1 saturated heterocycles. The van der Waals surface area contributed by atoms with Crippen molar-refractivity contribution < 1.29 is 27.9 Å². The minimum Gasteiger partial charge on any atom is -0.391 e. The molecule has 4 N–H and O–H groups in total. The van der Waals surface area contributed by atoms with Gasteiger partial charge in [-0.2, -0.15) is 13.2 Å². The maximum Gasteiger partial charge on any atom is 0.418 e. The Hall–Kier alpha value is -2.17. The molecule has 0 aromatic heterocycles. The van der Waals surface area contributed by atoms with E-state index in [2.05, 4.69) is 5.32 Å². The van der Waals surface area contributed by atoms with Gasteiger partial charge >= 0.3 is 6.18 Å². The summed E-state index contributed by atoms with van der Waals surface area (Å²) >= 11 is 0. The Morgan fingerprint density at radius 3 is 2.40 bits per heavy atom. The number of anilines is 1. The van der Waals surface area contributed by atoms with Crippen LogP contribution in [0.4, 0.5) is 18.9 Å². The van der Waals surface area contributed by atoms with E-state index in [-0.39, 0.29) is 43.1 Å². The summed E-state index contributed by atoms with van der Waals surface area (Å²) in [4.78, 5) is 28.2. The summed E-state index contributed by atoms with van der Waals surface area (Å²) in [6, 6.07) is 4.29. The van der Waals surface area contributed by atoms with Crippen LogP contribution in [0.15, 0.2) is 24.3 Å². The van der Waals surface area contributed by atoms with Gasteiger partial charge < -0.3 is 21.1 Å². The van der Waals surface area contributed by atoms with Crippen molar-refractivity contribution in [3.05, 3.63) is 29.8 Å². The molecule has 1 aromatic rings. The van der Waals surface area contributed by atoms with Gasteiger partial charge in [-0.3, -0.25) is 14.5 Å². The first-order valence-corrected chi connectivity index (χ1v) is 11.9. The number of amides is 2. The zero-order chi connectivity index (χ0) is 26.8. The van der Waals surface area contributed by atoms with Crippen LogP contribution in [0.3, 0.4) is 0 Å². The van der Waals surface area contributed by atoms with Gasteiger partial charge in [0.05, 0.1) is 23.9 Å². The third-order valence-electron chi connectivity index (χ3n) is 6.29. The fraction of sp³-hybridized carbons (Fsp3) is 0.680. The third-order valence-corrected chi connectivity index (χ3v) is 6.29. The van der Waals surface area contributed by atoms with Crippen LogP contribution in [-0.2, 0) is 15.8 Å². The van der Waals surface area contributed by atoms with Crippen LogP contribution in [0.2, 0.25) is 0 Å². The number of carbonyl (C=O) groups excluding carboxylic acids is 2. The average molecular weight is 501 g/mol. The lowest BCUT2D eigenvalue weighted by Crippen LogP contribution is -2.64. The molecule has 0 bridgehead atoms. The highest BCUT2D eigenvalue weighted by Crippen LogP contribution is 2.38. The van der Waals surface area contributed by atoms with Gasteiger partial charge in [0.25, 0.3) is 0 Å². The van der Waals surface area contributed by atoms with Crippen molar-refractivity contribution >= 4 is 17.5 Å². The van der Waals surface area contributed by atoms with Crippen molar-refractivity contribution in [3.63, 3.8) is 0 Å². The highest BCUT2D eigenvalue weighted by atomic mass is 19.4. The summed E-state index contributed by atoms with van der Waals surface area (Å²) in [5, 5.41) is 13.5. The number of alkyl halides is 3. The second kappa shape index (κ2) is 10.8. The maximum atomic E-state index is 13.5. The smallest absolute Gasteiger partial charge is 0.391 e. The molecule has 1 aromatic carbocycles. The number of aliphatic hydroxyl groups is 1. The van der Waals surface area contributed by atoms with E-state index in [1.807, 2.05) is 34.6 Å². The van der Waals surface area contributed by atoms with Gasteiger partial charge in [0.2, 0.25) is 11.8 Å². The number of benzene rings is 1. The monoisotopic (exact) mass is 500 g/mol. The highest BCUT2D eigenvalue weighted by Gasteiger charge is 2.43. The second-order valence-corrected chi connectivity index (χ2v) is 11.3. The Morgan fingerprint density at radius 1 is 1.23 bits per heavy atom. The molecule has 0 radical (unpaired) electrons. The van der Waals surface area contributed by atoms with Gasteiger partial charge in [0.1, 0.15) is 0 Å². The normalized spacial score (nSPS) is 19.9. The molecule has 3 atom stereocenters. The van der Waals surface area contributed by atoms with E-state index in [4.69, 9.17) is 5.73 Å². The summed E-state index contributed by atoms with van der Waals surface area (Å²) in [6.45, 7) is 12.0. The Bertz CT molecular complexity index is 899. The predicted molar refractivity (Wildman–Crippen MR) is 130 cm³/mol. The van der Waals surface area contributed by atoms with E-state index >= 15 is 0 Å². The van der Waals surface area contributed by atoms with Crippen molar-refractivity contribution in [3.8, 4) is 0 Å². The van der Waals surface area contributed by atoms with Gasteiger partial charge in [0.15, 0.2) is 0 Å².